The van der Waals surface area contributed by atoms with Crippen molar-refractivity contribution in [2.24, 2.45) is 5.92 Å². The van der Waals surface area contributed by atoms with Gasteiger partial charge in [0.25, 0.3) is 0 Å². The third kappa shape index (κ3) is 5.73. The van der Waals surface area contributed by atoms with E-state index in [0.717, 1.165) is 45.7 Å². The summed E-state index contributed by atoms with van der Waals surface area (Å²) in [6, 6.07) is 14.3. The van der Waals surface area contributed by atoms with Crippen LogP contribution in [0.3, 0.4) is 0 Å². The van der Waals surface area contributed by atoms with Crippen LogP contribution in [0.5, 0.6) is 0 Å². The molecule has 3 heterocycles. The number of nitrogens with zero attached hydrogens (tertiary/aromatic N) is 6. The number of benzene rings is 2. The average Bonchev–Trinajstić information content (AvgIpc) is 3.15. The maximum Gasteiger partial charge on any atom is 0.243 e. The van der Waals surface area contributed by atoms with E-state index in [-0.39, 0.29) is 0 Å². The van der Waals surface area contributed by atoms with E-state index < -0.39 is 10.0 Å². The van der Waals surface area contributed by atoms with E-state index in [1.54, 1.807) is 39.4 Å². The minimum Gasteiger partial charge on any atom is -0.355 e. The molecule has 0 amide bonds. The summed E-state index contributed by atoms with van der Waals surface area (Å²) in [5.41, 5.74) is 1.55. The molecule has 1 aliphatic heterocycles. The quantitative estimate of drug-likeness (QED) is 0.264. The zero-order chi connectivity index (χ0) is 26.9. The molecule has 200 valence electrons. The predicted molar refractivity (Wildman–Crippen MR) is 155 cm³/mol. The first-order valence-electron chi connectivity index (χ1n) is 12.7. The topological polar surface area (TPSA) is 84.2 Å². The lowest BCUT2D eigenvalue weighted by Crippen LogP contribution is -2.35. The zero-order valence-electron chi connectivity index (χ0n) is 21.4. The minimum absolute atomic E-state index is 0.303. The first-order valence-corrected chi connectivity index (χ1v) is 15.3. The maximum atomic E-state index is 13.3. The smallest absolute Gasteiger partial charge is 0.243 e. The number of hydrogen-bond donors (Lipinski definition) is 0. The van der Waals surface area contributed by atoms with Crippen LogP contribution in [0.2, 0.25) is 5.02 Å². The van der Waals surface area contributed by atoms with Crippen molar-refractivity contribution in [2.45, 2.75) is 38.0 Å². The highest BCUT2D eigenvalue weighted by molar-refractivity contribution is 9.10. The van der Waals surface area contributed by atoms with Crippen LogP contribution in [0.1, 0.15) is 32.5 Å². The van der Waals surface area contributed by atoms with E-state index in [0.29, 0.717) is 48.4 Å². The predicted octanol–water partition coefficient (Wildman–Crippen LogP) is 5.72. The Morgan fingerprint density at radius 1 is 1.03 bits per heavy atom. The molecule has 1 saturated heterocycles. The van der Waals surface area contributed by atoms with Gasteiger partial charge in [-0.25, -0.2) is 23.1 Å². The van der Waals surface area contributed by atoms with Gasteiger partial charge >= 0.3 is 0 Å². The third-order valence-corrected chi connectivity index (χ3v) is 9.34. The van der Waals surface area contributed by atoms with Crippen LogP contribution in [0, 0.1) is 5.92 Å². The summed E-state index contributed by atoms with van der Waals surface area (Å²) in [5, 5.41) is 6.10. The summed E-state index contributed by atoms with van der Waals surface area (Å²) in [7, 11) is -3.59. The fourth-order valence-corrected chi connectivity index (χ4v) is 6.52. The summed E-state index contributed by atoms with van der Waals surface area (Å²) in [5.74, 6) is 2.07. The Hall–Kier alpha value is -2.53. The molecule has 5 rings (SSSR count). The number of aromatic nitrogens is 4. The first kappa shape index (κ1) is 27.1. The zero-order valence-corrected chi connectivity index (χ0v) is 24.5. The standard InChI is InChI=1S/C27H30BrClN6O2S/c1-19(2)7-12-25-31-26(24-18-30-35(27(24)32-25)22-6-3-5-21(29)17-22)33-13-4-14-34(16-15-33)38(36,37)23-10-8-20(28)9-11-23/h3,5-6,8-11,17-19H,4,7,12-16H2,1-2H3. The monoisotopic (exact) mass is 616 g/mol. The van der Waals surface area contributed by atoms with E-state index in [9.17, 15) is 8.42 Å². The summed E-state index contributed by atoms with van der Waals surface area (Å²) in [4.78, 5) is 12.4. The van der Waals surface area contributed by atoms with E-state index in [4.69, 9.17) is 21.6 Å². The second-order valence-corrected chi connectivity index (χ2v) is 13.2. The van der Waals surface area contributed by atoms with Crippen molar-refractivity contribution in [2.75, 3.05) is 31.1 Å². The van der Waals surface area contributed by atoms with Crippen molar-refractivity contribution >= 4 is 54.4 Å². The fraction of sp³-hybridized carbons (Fsp3) is 0.370. The number of aryl methyl sites for hydroxylation is 1. The normalized spacial score (nSPS) is 15.3. The number of rotatable bonds is 7. The summed E-state index contributed by atoms with van der Waals surface area (Å²) in [6.45, 7) is 6.40. The van der Waals surface area contributed by atoms with Gasteiger partial charge in [0, 0.05) is 42.1 Å². The van der Waals surface area contributed by atoms with Gasteiger partial charge in [-0.05, 0) is 61.2 Å². The van der Waals surface area contributed by atoms with Gasteiger partial charge < -0.3 is 4.90 Å². The lowest BCUT2D eigenvalue weighted by Gasteiger charge is -2.23. The highest BCUT2D eigenvalue weighted by Gasteiger charge is 2.28. The molecule has 2 aromatic carbocycles. The van der Waals surface area contributed by atoms with Gasteiger partial charge in [-0.2, -0.15) is 9.40 Å². The lowest BCUT2D eigenvalue weighted by atomic mass is 10.1. The fourth-order valence-electron chi connectivity index (χ4n) is 4.61. The molecule has 0 bridgehead atoms. The molecule has 0 N–H and O–H groups in total. The highest BCUT2D eigenvalue weighted by atomic mass is 79.9. The number of halogens is 2. The largest absolute Gasteiger partial charge is 0.355 e. The number of hydrogen-bond acceptors (Lipinski definition) is 6. The van der Waals surface area contributed by atoms with Crippen LogP contribution >= 0.6 is 27.5 Å². The Kier molecular flexibility index (Phi) is 8.04. The minimum atomic E-state index is -3.59. The summed E-state index contributed by atoms with van der Waals surface area (Å²) in [6.07, 6.45) is 4.19. The van der Waals surface area contributed by atoms with Crippen molar-refractivity contribution < 1.29 is 8.42 Å². The molecule has 0 unspecified atom stereocenters. The lowest BCUT2D eigenvalue weighted by molar-refractivity contribution is 0.433. The van der Waals surface area contributed by atoms with Gasteiger partial charge in [0.2, 0.25) is 10.0 Å². The molecule has 1 fully saturated rings. The second kappa shape index (κ2) is 11.3. The van der Waals surface area contributed by atoms with Crippen molar-refractivity contribution in [1.82, 2.24) is 24.1 Å². The van der Waals surface area contributed by atoms with Crippen molar-refractivity contribution in [3.63, 3.8) is 0 Å². The Bertz CT molecular complexity index is 1540. The van der Waals surface area contributed by atoms with Crippen LogP contribution in [-0.2, 0) is 16.4 Å². The summed E-state index contributed by atoms with van der Waals surface area (Å²) >= 11 is 9.64. The Labute approximate surface area is 236 Å². The Morgan fingerprint density at radius 2 is 1.82 bits per heavy atom. The molecule has 1 aliphatic rings. The van der Waals surface area contributed by atoms with Crippen LogP contribution < -0.4 is 4.90 Å². The second-order valence-electron chi connectivity index (χ2n) is 9.87. The van der Waals surface area contributed by atoms with Crippen LogP contribution in [-0.4, -0.2) is 58.7 Å². The van der Waals surface area contributed by atoms with Gasteiger partial charge in [0.1, 0.15) is 11.6 Å². The van der Waals surface area contributed by atoms with Crippen molar-refractivity contribution in [3.8, 4) is 5.69 Å². The molecule has 0 atom stereocenters. The number of anilines is 1. The molecule has 0 aliphatic carbocycles. The van der Waals surface area contributed by atoms with E-state index in [2.05, 4.69) is 39.8 Å². The molecule has 8 nitrogen and oxygen atoms in total. The van der Waals surface area contributed by atoms with E-state index >= 15 is 0 Å². The third-order valence-electron chi connectivity index (χ3n) is 6.66. The molecule has 4 aromatic rings. The van der Waals surface area contributed by atoms with E-state index in [1.165, 1.54) is 0 Å². The van der Waals surface area contributed by atoms with Crippen LogP contribution in [0.15, 0.2) is 64.1 Å². The number of fused-ring (bicyclic) bond motifs is 1. The molecule has 2 aromatic heterocycles. The molecular weight excluding hydrogens is 588 g/mol. The molecule has 0 spiro atoms. The summed E-state index contributed by atoms with van der Waals surface area (Å²) < 4.78 is 30.9. The van der Waals surface area contributed by atoms with Gasteiger partial charge in [-0.1, -0.05) is 47.4 Å². The van der Waals surface area contributed by atoms with Gasteiger partial charge in [-0.3, -0.25) is 0 Å². The van der Waals surface area contributed by atoms with Gasteiger partial charge in [0.15, 0.2) is 5.65 Å². The number of sulfonamides is 1. The molecule has 38 heavy (non-hydrogen) atoms. The van der Waals surface area contributed by atoms with Crippen molar-refractivity contribution in [1.29, 1.82) is 0 Å². The van der Waals surface area contributed by atoms with Gasteiger partial charge in [-0.15, -0.1) is 0 Å². The maximum absolute atomic E-state index is 13.3. The van der Waals surface area contributed by atoms with Crippen LogP contribution in [0.25, 0.3) is 16.7 Å². The molecule has 11 heteroatoms. The first-order chi connectivity index (χ1) is 18.2. The molecule has 0 saturated carbocycles. The molecular formula is C27H30BrClN6O2S. The Morgan fingerprint density at radius 3 is 2.55 bits per heavy atom. The highest BCUT2D eigenvalue weighted by Crippen LogP contribution is 2.29. The SMILES string of the molecule is CC(C)CCc1nc(N2CCCN(S(=O)(=O)c3ccc(Br)cc3)CC2)c2cnn(-c3cccc(Cl)c3)c2n1. The van der Waals surface area contributed by atoms with Crippen molar-refractivity contribution in [3.05, 3.63) is 70.0 Å². The van der Waals surface area contributed by atoms with Gasteiger partial charge in [0.05, 0.1) is 22.2 Å². The van der Waals surface area contributed by atoms with Crippen LogP contribution in [0.4, 0.5) is 5.82 Å². The molecule has 0 radical (unpaired) electrons. The Balaban J connectivity index is 1.49. The van der Waals surface area contributed by atoms with E-state index in [1.807, 2.05) is 24.3 Å². The average molecular weight is 618 g/mol.